The highest BCUT2D eigenvalue weighted by molar-refractivity contribution is 7.25. The van der Waals surface area contributed by atoms with Gasteiger partial charge in [0, 0.05) is 70.0 Å². The first kappa shape index (κ1) is 41.8. The molecule has 75 heavy (non-hydrogen) atoms. The van der Waals surface area contributed by atoms with E-state index in [1.54, 1.807) is 11.3 Å². The summed E-state index contributed by atoms with van der Waals surface area (Å²) in [5.41, 5.74) is 12.0. The molecule has 6 heteroatoms. The Balaban J connectivity index is 0.965. The van der Waals surface area contributed by atoms with Gasteiger partial charge >= 0.3 is 0 Å². The van der Waals surface area contributed by atoms with E-state index in [-0.39, 0.29) is 0 Å². The summed E-state index contributed by atoms with van der Waals surface area (Å²) in [6.45, 7) is 0. The van der Waals surface area contributed by atoms with Gasteiger partial charge in [0.15, 0.2) is 17.5 Å². The lowest BCUT2D eigenvalue weighted by molar-refractivity contribution is 0.668. The Morgan fingerprint density at radius 3 is 1.75 bits per heavy atom. The number of rotatable bonds is 6. The molecule has 0 N–H and O–H groups in total. The van der Waals surface area contributed by atoms with E-state index < -0.39 is 0 Å². The van der Waals surface area contributed by atoms with Crippen LogP contribution < -0.4 is 0 Å². The van der Waals surface area contributed by atoms with Gasteiger partial charge in [-0.25, -0.2) is 15.0 Å². The minimum absolute atomic E-state index is 0.575. The number of nitrogens with zero attached hydrogens (tertiary/aromatic N) is 4. The molecule has 12 aromatic carbocycles. The fourth-order valence-electron chi connectivity index (χ4n) is 11.6. The van der Waals surface area contributed by atoms with Gasteiger partial charge in [0.1, 0.15) is 11.2 Å². The van der Waals surface area contributed by atoms with Crippen LogP contribution in [0.2, 0.25) is 0 Å². The Morgan fingerprint density at radius 2 is 0.920 bits per heavy atom. The SMILES string of the molecule is c1ccc(-c2ccc(-c3cc4c(cc3-n3c5cc6ccccc6cc5c5c6ccccc6ccc53)oc3cccc(-c5nc(-c6ccc7ccccc7c6)nc(-c6ccc7sc8ccccc8c7c6)n5)c34)cc2)cc1. The van der Waals surface area contributed by atoms with E-state index >= 15 is 0 Å². The van der Waals surface area contributed by atoms with Crippen molar-refractivity contribution in [2.45, 2.75) is 0 Å². The molecule has 0 spiro atoms. The normalized spacial score (nSPS) is 12.0. The maximum absolute atomic E-state index is 7.06. The fourth-order valence-corrected chi connectivity index (χ4v) is 12.7. The van der Waals surface area contributed by atoms with Gasteiger partial charge in [0.25, 0.3) is 0 Å². The molecule has 0 saturated carbocycles. The van der Waals surface area contributed by atoms with Gasteiger partial charge in [-0.15, -0.1) is 11.3 Å². The largest absolute Gasteiger partial charge is 0.456 e. The second-order valence-corrected chi connectivity index (χ2v) is 20.6. The van der Waals surface area contributed by atoms with Crippen LogP contribution in [0.25, 0.3) is 158 Å². The van der Waals surface area contributed by atoms with E-state index in [2.05, 4.69) is 247 Å². The van der Waals surface area contributed by atoms with E-state index in [1.165, 1.54) is 58.1 Å². The van der Waals surface area contributed by atoms with Crippen LogP contribution in [-0.2, 0) is 0 Å². The molecule has 0 fully saturated rings. The van der Waals surface area contributed by atoms with Crippen LogP contribution in [0.4, 0.5) is 0 Å². The van der Waals surface area contributed by atoms with Crippen molar-refractivity contribution in [3.63, 3.8) is 0 Å². The lowest BCUT2D eigenvalue weighted by Gasteiger charge is -2.16. The number of benzene rings is 12. The first-order valence-corrected chi connectivity index (χ1v) is 26.1. The van der Waals surface area contributed by atoms with E-state index in [9.17, 15) is 0 Å². The highest BCUT2D eigenvalue weighted by atomic mass is 32.1. The Hall–Kier alpha value is -9.75. The number of hydrogen-bond acceptors (Lipinski definition) is 5. The van der Waals surface area contributed by atoms with Gasteiger partial charge in [0.2, 0.25) is 0 Å². The molecule has 0 atom stereocenters. The summed E-state index contributed by atoms with van der Waals surface area (Å²) < 4.78 is 12.0. The smallest absolute Gasteiger partial charge is 0.164 e. The Kier molecular flexibility index (Phi) is 9.14. The minimum Gasteiger partial charge on any atom is -0.456 e. The molecule has 4 aromatic heterocycles. The fraction of sp³-hybridized carbons (Fsp3) is 0. The summed E-state index contributed by atoms with van der Waals surface area (Å²) in [6.07, 6.45) is 0. The first-order valence-electron chi connectivity index (χ1n) is 25.3. The maximum atomic E-state index is 7.06. The summed E-state index contributed by atoms with van der Waals surface area (Å²) in [5.74, 6) is 1.79. The molecule has 0 amide bonds. The molecule has 5 nitrogen and oxygen atoms in total. The van der Waals surface area contributed by atoms with Crippen molar-refractivity contribution >= 4 is 108 Å². The van der Waals surface area contributed by atoms with Crippen LogP contribution >= 0.6 is 11.3 Å². The lowest BCUT2D eigenvalue weighted by Crippen LogP contribution is -2.00. The highest BCUT2D eigenvalue weighted by Gasteiger charge is 2.24. The van der Waals surface area contributed by atoms with Crippen LogP contribution in [-0.4, -0.2) is 19.5 Å². The van der Waals surface area contributed by atoms with Gasteiger partial charge < -0.3 is 8.98 Å². The summed E-state index contributed by atoms with van der Waals surface area (Å²) in [6, 6.07) is 87.1. The third-order valence-electron chi connectivity index (χ3n) is 15.2. The van der Waals surface area contributed by atoms with Crippen LogP contribution in [0.5, 0.6) is 0 Å². The summed E-state index contributed by atoms with van der Waals surface area (Å²) in [5, 5.41) is 13.9. The summed E-state index contributed by atoms with van der Waals surface area (Å²) >= 11 is 1.81. The molecule has 0 aliphatic carbocycles. The number of thiophene rings is 1. The molecule has 16 aromatic rings. The predicted octanol–water partition coefficient (Wildman–Crippen LogP) is 19.0. The Morgan fingerprint density at radius 1 is 0.307 bits per heavy atom. The quantitative estimate of drug-likeness (QED) is 0.167. The predicted molar refractivity (Wildman–Crippen MR) is 314 cm³/mol. The topological polar surface area (TPSA) is 56.7 Å². The standard InChI is InChI=1S/C69H40N4OS/c1-2-13-41(14-3-1)43-25-28-45(29-26-43)54-39-57-62(40-60(54)73-58-33-31-44-16-8-9-20-51(44)65(58)56-36-47-18-6-7-19-48(47)38-59(56)73)74-61-23-12-22-53(66(57)61)69-71-67(49-30-27-42-15-4-5-17-46(42)35-49)70-68(72-69)50-32-34-64-55(37-50)52-21-10-11-24-63(52)75-64/h1-40H. The van der Waals surface area contributed by atoms with Crippen LogP contribution in [0.3, 0.4) is 0 Å². The third-order valence-corrected chi connectivity index (χ3v) is 16.4. The molecule has 0 saturated heterocycles. The molecule has 0 aliphatic heterocycles. The molecular formula is C69H40N4OS. The van der Waals surface area contributed by atoms with Gasteiger partial charge in [-0.1, -0.05) is 176 Å². The van der Waals surface area contributed by atoms with Crippen LogP contribution in [0.15, 0.2) is 247 Å². The molecule has 16 rings (SSSR count). The molecule has 4 heterocycles. The van der Waals surface area contributed by atoms with Crippen molar-refractivity contribution in [1.82, 2.24) is 19.5 Å². The van der Waals surface area contributed by atoms with Crippen LogP contribution in [0, 0.1) is 0 Å². The van der Waals surface area contributed by atoms with Gasteiger partial charge in [-0.2, -0.15) is 0 Å². The van der Waals surface area contributed by atoms with E-state index in [1.807, 2.05) is 0 Å². The summed E-state index contributed by atoms with van der Waals surface area (Å²) in [7, 11) is 0. The van der Waals surface area contributed by atoms with Crippen molar-refractivity contribution in [3.8, 4) is 62.1 Å². The van der Waals surface area contributed by atoms with E-state index in [0.29, 0.717) is 17.5 Å². The van der Waals surface area contributed by atoms with Crippen molar-refractivity contribution < 1.29 is 4.42 Å². The number of aromatic nitrogens is 4. The van der Waals surface area contributed by atoms with Gasteiger partial charge in [-0.3, -0.25) is 0 Å². The van der Waals surface area contributed by atoms with Crippen molar-refractivity contribution in [1.29, 1.82) is 0 Å². The number of fused-ring (bicyclic) bond motifs is 13. The average Bonchev–Trinajstić information content (AvgIpc) is 4.20. The Labute approximate surface area is 433 Å². The zero-order chi connectivity index (χ0) is 49.1. The number of hydrogen-bond donors (Lipinski definition) is 0. The van der Waals surface area contributed by atoms with Gasteiger partial charge in [-0.05, 0) is 110 Å². The van der Waals surface area contributed by atoms with Crippen molar-refractivity contribution in [3.05, 3.63) is 243 Å². The zero-order valence-electron chi connectivity index (χ0n) is 40.2. The molecule has 0 aliphatic rings. The monoisotopic (exact) mass is 972 g/mol. The average molecular weight is 973 g/mol. The molecule has 0 radical (unpaired) electrons. The maximum Gasteiger partial charge on any atom is 0.164 e. The first-order chi connectivity index (χ1) is 37.1. The summed E-state index contributed by atoms with van der Waals surface area (Å²) in [4.78, 5) is 16.0. The van der Waals surface area contributed by atoms with E-state index in [0.717, 1.165) is 82.8 Å². The third kappa shape index (κ3) is 6.67. The molecule has 348 valence electrons. The minimum atomic E-state index is 0.575. The second kappa shape index (κ2) is 16.4. The van der Waals surface area contributed by atoms with E-state index in [4.69, 9.17) is 19.4 Å². The van der Waals surface area contributed by atoms with Crippen molar-refractivity contribution in [2.75, 3.05) is 0 Å². The number of furan rings is 1. The molecule has 0 unspecified atom stereocenters. The zero-order valence-corrected chi connectivity index (χ0v) is 41.0. The lowest BCUT2D eigenvalue weighted by atomic mass is 9.96. The Bertz CT molecular complexity index is 5010. The van der Waals surface area contributed by atoms with Gasteiger partial charge in [0.05, 0.1) is 16.7 Å². The molecule has 0 bridgehead atoms. The van der Waals surface area contributed by atoms with Crippen molar-refractivity contribution in [2.24, 2.45) is 0 Å². The van der Waals surface area contributed by atoms with Crippen LogP contribution in [0.1, 0.15) is 0 Å². The molecular weight excluding hydrogens is 933 g/mol. The highest BCUT2D eigenvalue weighted by Crippen LogP contribution is 2.46. The second-order valence-electron chi connectivity index (χ2n) is 19.5.